The molecule has 1 unspecified atom stereocenters. The molecule has 2 aromatic carbocycles. The van der Waals surface area contributed by atoms with Crippen LogP contribution < -0.4 is 15.8 Å². The maximum absolute atomic E-state index is 13.3. The Bertz CT molecular complexity index is 1020. The minimum Gasteiger partial charge on any atom is -0.492 e. The molecule has 3 aromatic rings. The molecule has 0 aliphatic heterocycles. The summed E-state index contributed by atoms with van der Waals surface area (Å²) in [6.45, 7) is 4.25. The lowest BCUT2D eigenvalue weighted by molar-refractivity contribution is -0.117. The van der Waals surface area contributed by atoms with E-state index in [1.807, 2.05) is 68.4 Å². The van der Waals surface area contributed by atoms with E-state index in [2.05, 4.69) is 10.3 Å². The molecule has 8 heteroatoms. The summed E-state index contributed by atoms with van der Waals surface area (Å²) in [5.74, 6) is 0.0461. The number of nitrogens with zero attached hydrogens (tertiary/aromatic N) is 1. The molecule has 0 spiro atoms. The Kier molecular flexibility index (Phi) is 7.48. The summed E-state index contributed by atoms with van der Waals surface area (Å²) in [4.78, 5) is 29.9. The largest absolute Gasteiger partial charge is 0.492 e. The van der Waals surface area contributed by atoms with Crippen molar-refractivity contribution in [1.82, 2.24) is 4.98 Å². The maximum atomic E-state index is 13.3. The van der Waals surface area contributed by atoms with E-state index in [4.69, 9.17) is 10.5 Å². The number of hydrogen-bond donors (Lipinski definition) is 2. The fraction of sp³-hybridized carbons (Fsp3) is 0.227. The van der Waals surface area contributed by atoms with Gasteiger partial charge in [-0.05, 0) is 31.5 Å². The Morgan fingerprint density at radius 2 is 1.87 bits per heavy atom. The molecule has 2 amide bonds. The van der Waals surface area contributed by atoms with Crippen LogP contribution in [0.1, 0.15) is 28.3 Å². The number of thiazole rings is 1. The van der Waals surface area contributed by atoms with Gasteiger partial charge in [0.2, 0.25) is 11.8 Å². The first-order chi connectivity index (χ1) is 14.5. The molecular weight excluding hydrogens is 418 g/mol. The number of carbonyl (C=O) groups is 2. The smallest absolute Gasteiger partial charge is 0.242 e. The monoisotopic (exact) mass is 441 g/mol. The van der Waals surface area contributed by atoms with Crippen LogP contribution >= 0.6 is 23.1 Å². The van der Waals surface area contributed by atoms with Crippen molar-refractivity contribution in [2.75, 3.05) is 11.9 Å². The predicted molar refractivity (Wildman–Crippen MR) is 121 cm³/mol. The minimum atomic E-state index is -0.520. The Morgan fingerprint density at radius 3 is 2.57 bits per heavy atom. The lowest BCUT2D eigenvalue weighted by Crippen LogP contribution is -2.19. The minimum absolute atomic E-state index is 0.147. The second-order valence-corrected chi connectivity index (χ2v) is 8.89. The molecule has 156 valence electrons. The van der Waals surface area contributed by atoms with Crippen molar-refractivity contribution in [1.29, 1.82) is 0 Å². The maximum Gasteiger partial charge on any atom is 0.242 e. The molecule has 1 heterocycles. The summed E-state index contributed by atoms with van der Waals surface area (Å²) < 4.78 is 6.34. The van der Waals surface area contributed by atoms with E-state index < -0.39 is 11.2 Å². The van der Waals surface area contributed by atoms with Crippen LogP contribution in [-0.2, 0) is 16.0 Å². The van der Waals surface area contributed by atoms with Gasteiger partial charge in [0.1, 0.15) is 11.0 Å². The SMILES string of the molecule is CCOc1ccccc1NC(=O)C(Sc1nc(C)c(CC(N)=O)s1)c1ccccc1. The van der Waals surface area contributed by atoms with E-state index in [-0.39, 0.29) is 12.3 Å². The quantitative estimate of drug-likeness (QED) is 0.482. The second-order valence-electron chi connectivity index (χ2n) is 6.46. The van der Waals surface area contributed by atoms with Crippen LogP contribution in [0.3, 0.4) is 0 Å². The fourth-order valence-electron chi connectivity index (χ4n) is 2.83. The number of aryl methyl sites for hydroxylation is 1. The summed E-state index contributed by atoms with van der Waals surface area (Å²) >= 11 is 2.75. The lowest BCUT2D eigenvalue weighted by Gasteiger charge is -2.17. The van der Waals surface area contributed by atoms with Gasteiger partial charge in [-0.3, -0.25) is 9.59 Å². The molecule has 0 radical (unpaired) electrons. The number of rotatable bonds is 9. The van der Waals surface area contributed by atoms with Gasteiger partial charge in [-0.25, -0.2) is 4.98 Å². The van der Waals surface area contributed by atoms with Crippen molar-refractivity contribution >= 4 is 40.6 Å². The molecule has 0 saturated heterocycles. The van der Waals surface area contributed by atoms with Crippen LogP contribution in [0.25, 0.3) is 0 Å². The van der Waals surface area contributed by atoms with Crippen molar-refractivity contribution in [3.63, 3.8) is 0 Å². The highest BCUT2D eigenvalue weighted by Gasteiger charge is 2.25. The standard InChI is InChI=1S/C22H23N3O3S2/c1-3-28-17-12-8-7-11-16(17)25-21(27)20(15-9-5-4-6-10-15)30-22-24-14(2)18(29-22)13-19(23)26/h4-12,20H,3,13H2,1-2H3,(H2,23,26)(H,25,27). The molecule has 3 rings (SSSR count). The third kappa shape index (κ3) is 5.61. The number of hydrogen-bond acceptors (Lipinski definition) is 6. The highest BCUT2D eigenvalue weighted by molar-refractivity contribution is 8.01. The molecule has 0 saturated carbocycles. The molecule has 1 aromatic heterocycles. The van der Waals surface area contributed by atoms with Crippen molar-refractivity contribution < 1.29 is 14.3 Å². The third-order valence-corrected chi connectivity index (χ3v) is 6.72. The number of anilines is 1. The average molecular weight is 442 g/mol. The van der Waals surface area contributed by atoms with E-state index in [0.29, 0.717) is 22.4 Å². The number of primary amides is 1. The number of nitrogens with two attached hydrogens (primary N) is 1. The second kappa shape index (κ2) is 10.3. The van der Waals surface area contributed by atoms with Gasteiger partial charge < -0.3 is 15.8 Å². The van der Waals surface area contributed by atoms with Gasteiger partial charge in [0, 0.05) is 4.88 Å². The Labute approximate surface area is 183 Å². The van der Waals surface area contributed by atoms with Crippen molar-refractivity contribution in [3.05, 3.63) is 70.7 Å². The highest BCUT2D eigenvalue weighted by Crippen LogP contribution is 2.39. The lowest BCUT2D eigenvalue weighted by atomic mass is 10.1. The predicted octanol–water partition coefficient (Wildman–Crippen LogP) is 4.35. The third-order valence-electron chi connectivity index (χ3n) is 4.21. The van der Waals surface area contributed by atoms with E-state index in [0.717, 1.165) is 16.1 Å². The van der Waals surface area contributed by atoms with Gasteiger partial charge in [-0.1, -0.05) is 54.2 Å². The van der Waals surface area contributed by atoms with Gasteiger partial charge in [0.25, 0.3) is 0 Å². The molecule has 0 aliphatic rings. The first kappa shape index (κ1) is 21.9. The number of thioether (sulfide) groups is 1. The molecule has 0 aliphatic carbocycles. The Balaban J connectivity index is 1.87. The number of ether oxygens (including phenoxy) is 1. The van der Waals surface area contributed by atoms with Crippen LogP contribution in [0.2, 0.25) is 0 Å². The summed E-state index contributed by atoms with van der Waals surface area (Å²) in [5.41, 5.74) is 7.56. The molecule has 0 fully saturated rings. The summed E-state index contributed by atoms with van der Waals surface area (Å²) in [6.07, 6.45) is 0.147. The number of nitrogens with one attached hydrogen (secondary N) is 1. The summed E-state index contributed by atoms with van der Waals surface area (Å²) in [6, 6.07) is 16.9. The number of benzene rings is 2. The van der Waals surface area contributed by atoms with Crippen molar-refractivity contribution in [3.8, 4) is 5.75 Å². The normalized spacial score (nSPS) is 11.7. The Morgan fingerprint density at radius 1 is 1.17 bits per heavy atom. The van der Waals surface area contributed by atoms with Crippen LogP contribution in [-0.4, -0.2) is 23.4 Å². The van der Waals surface area contributed by atoms with E-state index in [1.54, 1.807) is 0 Å². The van der Waals surface area contributed by atoms with Gasteiger partial charge in [-0.2, -0.15) is 0 Å². The molecule has 0 bridgehead atoms. The molecule has 1 atom stereocenters. The van der Waals surface area contributed by atoms with E-state index >= 15 is 0 Å². The zero-order valence-electron chi connectivity index (χ0n) is 16.8. The van der Waals surface area contributed by atoms with E-state index in [9.17, 15) is 9.59 Å². The highest BCUT2D eigenvalue weighted by atomic mass is 32.2. The van der Waals surface area contributed by atoms with E-state index in [1.165, 1.54) is 23.1 Å². The van der Waals surface area contributed by atoms with Gasteiger partial charge in [0.05, 0.1) is 24.4 Å². The number of amides is 2. The van der Waals surface area contributed by atoms with Crippen molar-refractivity contribution in [2.24, 2.45) is 5.73 Å². The fourth-order valence-corrected chi connectivity index (χ4v) is 5.26. The number of para-hydroxylation sites is 2. The first-order valence-corrected chi connectivity index (χ1v) is 11.2. The summed E-state index contributed by atoms with van der Waals surface area (Å²) in [7, 11) is 0. The van der Waals surface area contributed by atoms with Crippen LogP contribution in [0.4, 0.5) is 5.69 Å². The number of aromatic nitrogens is 1. The zero-order chi connectivity index (χ0) is 21.5. The summed E-state index contributed by atoms with van der Waals surface area (Å²) in [5, 5.41) is 2.47. The molecule has 6 nitrogen and oxygen atoms in total. The van der Waals surface area contributed by atoms with Crippen LogP contribution in [0.15, 0.2) is 58.9 Å². The Hall–Kier alpha value is -2.84. The van der Waals surface area contributed by atoms with Crippen LogP contribution in [0, 0.1) is 6.92 Å². The molecule has 3 N–H and O–H groups in total. The topological polar surface area (TPSA) is 94.3 Å². The van der Waals surface area contributed by atoms with Crippen molar-refractivity contribution in [2.45, 2.75) is 29.9 Å². The molecular formula is C22H23N3O3S2. The molecule has 30 heavy (non-hydrogen) atoms. The van der Waals surface area contributed by atoms with Gasteiger partial charge in [0.15, 0.2) is 4.34 Å². The number of carbonyl (C=O) groups excluding carboxylic acids is 2. The first-order valence-electron chi connectivity index (χ1n) is 9.46. The average Bonchev–Trinajstić information content (AvgIpc) is 3.06. The van der Waals surface area contributed by atoms with Crippen LogP contribution in [0.5, 0.6) is 5.75 Å². The van der Waals surface area contributed by atoms with Gasteiger partial charge >= 0.3 is 0 Å². The zero-order valence-corrected chi connectivity index (χ0v) is 18.4. The van der Waals surface area contributed by atoms with Gasteiger partial charge in [-0.15, -0.1) is 11.3 Å².